The summed E-state index contributed by atoms with van der Waals surface area (Å²) in [6, 6.07) is 15.8. The van der Waals surface area contributed by atoms with Crippen molar-refractivity contribution in [3.63, 3.8) is 0 Å². The number of amides is 2. The summed E-state index contributed by atoms with van der Waals surface area (Å²) in [5, 5.41) is 3.05. The number of piperidine rings is 1. The molecule has 2 aromatic rings. The van der Waals surface area contributed by atoms with Crippen LogP contribution >= 0.6 is 0 Å². The van der Waals surface area contributed by atoms with Crippen molar-refractivity contribution in [2.75, 3.05) is 18.4 Å². The second-order valence-electron chi connectivity index (χ2n) is 7.13. The normalized spacial score (nSPS) is 14.9. The van der Waals surface area contributed by atoms with Crippen molar-refractivity contribution >= 4 is 17.5 Å². The zero-order valence-electron chi connectivity index (χ0n) is 15.5. The third-order valence-electron chi connectivity index (χ3n) is 5.06. The van der Waals surface area contributed by atoms with E-state index in [4.69, 9.17) is 0 Å². The second-order valence-corrected chi connectivity index (χ2v) is 7.13. The van der Waals surface area contributed by atoms with Crippen LogP contribution in [0.1, 0.15) is 29.5 Å². The van der Waals surface area contributed by atoms with Crippen LogP contribution in [0.5, 0.6) is 0 Å². The van der Waals surface area contributed by atoms with Crippen LogP contribution in [-0.4, -0.2) is 29.8 Å². The number of likely N-dealkylation sites (tertiary alicyclic amines) is 1. The fraction of sp³-hybridized carbons (Fsp3) is 0.364. The minimum atomic E-state index is -0.0310. The monoisotopic (exact) mass is 350 g/mol. The summed E-state index contributed by atoms with van der Waals surface area (Å²) in [6.45, 7) is 5.35. The molecule has 0 unspecified atom stereocenters. The SMILES string of the molecule is Cc1ccc(NC(=O)C2CCN(C(=O)Cc3ccccc3)CC2)c(C)c1. The molecule has 0 bridgehead atoms. The van der Waals surface area contributed by atoms with Crippen LogP contribution in [-0.2, 0) is 16.0 Å². The van der Waals surface area contributed by atoms with Crippen molar-refractivity contribution in [2.45, 2.75) is 33.1 Å². The fourth-order valence-electron chi connectivity index (χ4n) is 3.46. The summed E-state index contributed by atoms with van der Waals surface area (Å²) < 4.78 is 0. The summed E-state index contributed by atoms with van der Waals surface area (Å²) in [6.07, 6.45) is 1.87. The molecule has 2 aromatic carbocycles. The van der Waals surface area contributed by atoms with Gasteiger partial charge < -0.3 is 10.2 Å². The van der Waals surface area contributed by atoms with Crippen LogP contribution in [0.15, 0.2) is 48.5 Å². The van der Waals surface area contributed by atoms with Crippen molar-refractivity contribution in [3.8, 4) is 0 Å². The zero-order valence-corrected chi connectivity index (χ0v) is 15.5. The molecule has 0 aliphatic carbocycles. The Morgan fingerprint density at radius 2 is 1.73 bits per heavy atom. The Morgan fingerprint density at radius 1 is 1.04 bits per heavy atom. The Hall–Kier alpha value is -2.62. The molecule has 0 aromatic heterocycles. The largest absolute Gasteiger partial charge is 0.342 e. The van der Waals surface area contributed by atoms with Gasteiger partial charge in [0.25, 0.3) is 0 Å². The van der Waals surface area contributed by atoms with Crippen molar-refractivity contribution in [2.24, 2.45) is 5.92 Å². The van der Waals surface area contributed by atoms with Gasteiger partial charge in [-0.25, -0.2) is 0 Å². The van der Waals surface area contributed by atoms with Gasteiger partial charge in [0.1, 0.15) is 0 Å². The number of nitrogens with one attached hydrogen (secondary N) is 1. The molecular formula is C22H26N2O2. The molecule has 1 aliphatic rings. The Morgan fingerprint density at radius 3 is 2.38 bits per heavy atom. The number of hydrogen-bond donors (Lipinski definition) is 1. The fourth-order valence-corrected chi connectivity index (χ4v) is 3.46. The van der Waals surface area contributed by atoms with Crippen LogP contribution < -0.4 is 5.32 Å². The summed E-state index contributed by atoms with van der Waals surface area (Å²) in [5.74, 6) is 0.174. The molecule has 0 radical (unpaired) electrons. The third-order valence-corrected chi connectivity index (χ3v) is 5.06. The third kappa shape index (κ3) is 4.51. The van der Waals surface area contributed by atoms with Crippen molar-refractivity contribution in [3.05, 3.63) is 65.2 Å². The number of anilines is 1. The van der Waals surface area contributed by atoms with E-state index >= 15 is 0 Å². The Balaban J connectivity index is 1.51. The molecule has 1 aliphatic heterocycles. The van der Waals surface area contributed by atoms with Crippen molar-refractivity contribution in [1.29, 1.82) is 0 Å². The highest BCUT2D eigenvalue weighted by Gasteiger charge is 2.27. The van der Waals surface area contributed by atoms with Crippen molar-refractivity contribution < 1.29 is 9.59 Å². The maximum Gasteiger partial charge on any atom is 0.227 e. The first-order valence-electron chi connectivity index (χ1n) is 9.23. The Bertz CT molecular complexity index is 778. The minimum Gasteiger partial charge on any atom is -0.342 e. The highest BCUT2D eigenvalue weighted by molar-refractivity contribution is 5.93. The lowest BCUT2D eigenvalue weighted by atomic mass is 9.95. The van der Waals surface area contributed by atoms with Gasteiger partial charge in [0.05, 0.1) is 6.42 Å². The van der Waals surface area contributed by atoms with Gasteiger partial charge in [-0.3, -0.25) is 9.59 Å². The first-order chi connectivity index (χ1) is 12.5. The minimum absolute atomic E-state index is 0.0310. The van der Waals surface area contributed by atoms with Crippen LogP contribution in [0.4, 0.5) is 5.69 Å². The van der Waals surface area contributed by atoms with E-state index in [1.165, 1.54) is 5.56 Å². The molecule has 3 rings (SSSR count). The van der Waals surface area contributed by atoms with Gasteiger partial charge in [0.15, 0.2) is 0 Å². The van der Waals surface area contributed by atoms with Gasteiger partial charge in [-0.1, -0.05) is 48.0 Å². The Kier molecular flexibility index (Phi) is 5.71. The number of nitrogens with zero attached hydrogens (tertiary/aromatic N) is 1. The van der Waals surface area contributed by atoms with Crippen LogP contribution in [0.3, 0.4) is 0 Å². The molecule has 1 fully saturated rings. The predicted molar refractivity (Wildman–Crippen MR) is 104 cm³/mol. The molecule has 0 saturated carbocycles. The van der Waals surface area contributed by atoms with E-state index < -0.39 is 0 Å². The smallest absolute Gasteiger partial charge is 0.227 e. The average Bonchev–Trinajstić information content (AvgIpc) is 2.65. The number of rotatable bonds is 4. The van der Waals surface area contributed by atoms with Gasteiger partial charge in [-0.2, -0.15) is 0 Å². The Labute approximate surface area is 155 Å². The summed E-state index contributed by atoms with van der Waals surface area (Å²) in [7, 11) is 0. The molecule has 0 atom stereocenters. The van der Waals surface area contributed by atoms with Crippen LogP contribution in [0.2, 0.25) is 0 Å². The van der Waals surface area contributed by atoms with Gasteiger partial charge in [0, 0.05) is 24.7 Å². The van der Waals surface area contributed by atoms with E-state index in [2.05, 4.69) is 11.4 Å². The van der Waals surface area contributed by atoms with E-state index in [-0.39, 0.29) is 17.7 Å². The molecule has 1 N–H and O–H groups in total. The number of aryl methyl sites for hydroxylation is 2. The van der Waals surface area contributed by atoms with Crippen LogP contribution in [0, 0.1) is 19.8 Å². The molecule has 0 spiro atoms. The van der Waals surface area contributed by atoms with E-state index in [9.17, 15) is 9.59 Å². The summed E-state index contributed by atoms with van der Waals surface area (Å²) in [5.41, 5.74) is 4.18. The van der Waals surface area contributed by atoms with Crippen molar-refractivity contribution in [1.82, 2.24) is 4.90 Å². The maximum absolute atomic E-state index is 12.6. The topological polar surface area (TPSA) is 49.4 Å². The number of hydrogen-bond acceptors (Lipinski definition) is 2. The van der Waals surface area contributed by atoms with Gasteiger partial charge in [0.2, 0.25) is 11.8 Å². The molecule has 1 saturated heterocycles. The quantitative estimate of drug-likeness (QED) is 0.913. The summed E-state index contributed by atoms with van der Waals surface area (Å²) in [4.78, 5) is 26.9. The van der Waals surface area contributed by atoms with E-state index in [1.54, 1.807) is 0 Å². The molecule has 1 heterocycles. The van der Waals surface area contributed by atoms with Crippen LogP contribution in [0.25, 0.3) is 0 Å². The highest BCUT2D eigenvalue weighted by atomic mass is 16.2. The molecule has 2 amide bonds. The van der Waals surface area contributed by atoms with Gasteiger partial charge >= 0.3 is 0 Å². The van der Waals surface area contributed by atoms with E-state index in [0.717, 1.165) is 29.7 Å². The number of benzene rings is 2. The van der Waals surface area contributed by atoms with Gasteiger partial charge in [-0.05, 0) is 43.9 Å². The first kappa shape index (κ1) is 18.2. The second kappa shape index (κ2) is 8.17. The molecule has 4 heteroatoms. The average molecular weight is 350 g/mol. The molecule has 4 nitrogen and oxygen atoms in total. The first-order valence-corrected chi connectivity index (χ1v) is 9.23. The standard InChI is InChI=1S/C22H26N2O2/c1-16-8-9-20(17(2)14-16)23-22(26)19-10-12-24(13-11-19)21(25)15-18-6-4-3-5-7-18/h3-9,14,19H,10-13,15H2,1-2H3,(H,23,26). The lowest BCUT2D eigenvalue weighted by Gasteiger charge is -2.31. The lowest BCUT2D eigenvalue weighted by Crippen LogP contribution is -2.42. The predicted octanol–water partition coefficient (Wildman–Crippen LogP) is 3.72. The number of carbonyl (C=O) groups is 2. The van der Waals surface area contributed by atoms with Gasteiger partial charge in [-0.15, -0.1) is 0 Å². The maximum atomic E-state index is 12.6. The molecular weight excluding hydrogens is 324 g/mol. The number of carbonyl (C=O) groups excluding carboxylic acids is 2. The lowest BCUT2D eigenvalue weighted by molar-refractivity contribution is -0.133. The van der Waals surface area contributed by atoms with E-state index in [1.807, 2.05) is 61.2 Å². The van der Waals surface area contributed by atoms with E-state index in [0.29, 0.717) is 19.5 Å². The zero-order chi connectivity index (χ0) is 18.5. The summed E-state index contributed by atoms with van der Waals surface area (Å²) >= 11 is 0. The molecule has 26 heavy (non-hydrogen) atoms. The highest BCUT2D eigenvalue weighted by Crippen LogP contribution is 2.22. The molecule has 136 valence electrons.